The van der Waals surface area contributed by atoms with Gasteiger partial charge in [-0.15, -0.1) is 5.10 Å². The summed E-state index contributed by atoms with van der Waals surface area (Å²) in [5.74, 6) is 0. The van der Waals surface area contributed by atoms with Crippen LogP contribution in [0.3, 0.4) is 0 Å². The lowest BCUT2D eigenvalue weighted by Crippen LogP contribution is -2.05. The van der Waals surface area contributed by atoms with Crippen LogP contribution in [-0.2, 0) is 6.54 Å². The number of rotatable bonds is 4. The summed E-state index contributed by atoms with van der Waals surface area (Å²) in [5.41, 5.74) is 2.88. The average Bonchev–Trinajstić information content (AvgIpc) is 3.01. The summed E-state index contributed by atoms with van der Waals surface area (Å²) >= 11 is 6.15. The maximum absolute atomic E-state index is 6.15. The number of hydrogen-bond acceptors (Lipinski definition) is 4. The number of tetrazole rings is 1. The average molecular weight is 286 g/mol. The molecule has 0 atom stereocenters. The fourth-order valence-corrected chi connectivity index (χ4v) is 2.13. The molecule has 100 valence electrons. The highest BCUT2D eigenvalue weighted by Crippen LogP contribution is 2.21. The molecule has 0 fully saturated rings. The minimum atomic E-state index is 0.638. The van der Waals surface area contributed by atoms with Gasteiger partial charge in [-0.25, -0.2) is 0 Å². The van der Waals surface area contributed by atoms with E-state index in [1.165, 1.54) is 0 Å². The van der Waals surface area contributed by atoms with Crippen LogP contribution >= 0.6 is 11.6 Å². The van der Waals surface area contributed by atoms with Gasteiger partial charge in [0.05, 0.1) is 11.4 Å². The van der Waals surface area contributed by atoms with Crippen LogP contribution in [-0.4, -0.2) is 20.2 Å². The third-order valence-electron chi connectivity index (χ3n) is 2.93. The highest BCUT2D eigenvalue weighted by atomic mass is 35.5. The van der Waals surface area contributed by atoms with Crippen molar-refractivity contribution in [1.29, 1.82) is 0 Å². The Morgan fingerprint density at radius 2 is 1.85 bits per heavy atom. The molecular formula is C14H12ClN5. The monoisotopic (exact) mass is 285 g/mol. The zero-order chi connectivity index (χ0) is 13.8. The Labute approximate surface area is 121 Å². The van der Waals surface area contributed by atoms with Gasteiger partial charge in [-0.2, -0.15) is 4.68 Å². The first-order valence-corrected chi connectivity index (χ1v) is 6.52. The highest BCUT2D eigenvalue weighted by molar-refractivity contribution is 6.31. The molecule has 0 aliphatic heterocycles. The van der Waals surface area contributed by atoms with Crippen molar-refractivity contribution in [3.8, 4) is 5.69 Å². The fraction of sp³-hybridized carbons (Fsp3) is 0.0714. The molecule has 0 saturated carbocycles. The van der Waals surface area contributed by atoms with Crippen molar-refractivity contribution in [2.75, 3.05) is 5.32 Å². The number of benzene rings is 2. The summed E-state index contributed by atoms with van der Waals surface area (Å²) in [6.45, 7) is 0.638. The number of nitrogens with zero attached hydrogens (tertiary/aromatic N) is 4. The second-order valence-electron chi connectivity index (χ2n) is 4.22. The molecule has 0 bridgehead atoms. The molecule has 5 nitrogen and oxygen atoms in total. The standard InChI is InChI=1S/C14H12ClN5/c15-12-6-2-1-5-11(12)9-16-13-7-3-4-8-14(13)20-10-17-18-19-20/h1-8,10,16H,9H2. The second kappa shape index (κ2) is 5.71. The lowest BCUT2D eigenvalue weighted by Gasteiger charge is -2.11. The Bertz CT molecular complexity index is 696. The maximum Gasteiger partial charge on any atom is 0.143 e. The number of para-hydroxylation sites is 2. The Balaban J connectivity index is 1.84. The molecule has 6 heteroatoms. The van der Waals surface area contributed by atoms with Crippen molar-refractivity contribution in [2.24, 2.45) is 0 Å². The molecule has 20 heavy (non-hydrogen) atoms. The summed E-state index contributed by atoms with van der Waals surface area (Å²) in [4.78, 5) is 0. The summed E-state index contributed by atoms with van der Waals surface area (Å²) in [5, 5.41) is 15.3. The molecule has 0 amide bonds. The predicted octanol–water partition coefficient (Wildman–Crippen LogP) is 2.93. The van der Waals surface area contributed by atoms with Crippen LogP contribution in [0.2, 0.25) is 5.02 Å². The second-order valence-corrected chi connectivity index (χ2v) is 4.62. The van der Waals surface area contributed by atoms with Crippen LogP contribution in [0.15, 0.2) is 54.9 Å². The molecule has 0 radical (unpaired) electrons. The van der Waals surface area contributed by atoms with E-state index in [-0.39, 0.29) is 0 Å². The van der Waals surface area contributed by atoms with Gasteiger partial charge in [0.25, 0.3) is 0 Å². The van der Waals surface area contributed by atoms with Crippen LogP contribution in [0.1, 0.15) is 5.56 Å². The van der Waals surface area contributed by atoms with Crippen molar-refractivity contribution in [3.63, 3.8) is 0 Å². The van der Waals surface area contributed by atoms with Crippen LogP contribution in [0.5, 0.6) is 0 Å². The van der Waals surface area contributed by atoms with Crippen molar-refractivity contribution >= 4 is 17.3 Å². The molecule has 0 unspecified atom stereocenters. The zero-order valence-corrected chi connectivity index (χ0v) is 11.3. The largest absolute Gasteiger partial charge is 0.379 e. The molecule has 2 aromatic carbocycles. The minimum absolute atomic E-state index is 0.638. The van der Waals surface area contributed by atoms with Crippen molar-refractivity contribution in [1.82, 2.24) is 20.2 Å². The molecule has 0 saturated heterocycles. The quantitative estimate of drug-likeness (QED) is 0.801. The number of nitrogens with one attached hydrogen (secondary N) is 1. The Morgan fingerprint density at radius 3 is 2.65 bits per heavy atom. The highest BCUT2D eigenvalue weighted by Gasteiger charge is 2.05. The molecule has 0 aliphatic rings. The van der Waals surface area contributed by atoms with E-state index < -0.39 is 0 Å². The first-order chi connectivity index (χ1) is 9.84. The van der Waals surface area contributed by atoms with Gasteiger partial charge in [0, 0.05) is 11.6 Å². The van der Waals surface area contributed by atoms with Crippen molar-refractivity contribution < 1.29 is 0 Å². The topological polar surface area (TPSA) is 55.6 Å². The van der Waals surface area contributed by atoms with Gasteiger partial charge in [0.15, 0.2) is 0 Å². The Morgan fingerprint density at radius 1 is 1.05 bits per heavy atom. The predicted molar refractivity (Wildman–Crippen MR) is 77.9 cm³/mol. The summed E-state index contributed by atoms with van der Waals surface area (Å²) in [7, 11) is 0. The van der Waals surface area contributed by atoms with Crippen molar-refractivity contribution in [2.45, 2.75) is 6.54 Å². The molecule has 1 aromatic heterocycles. The minimum Gasteiger partial charge on any atom is -0.379 e. The fourth-order valence-electron chi connectivity index (χ4n) is 1.93. The number of anilines is 1. The van der Waals surface area contributed by atoms with Gasteiger partial charge in [0.2, 0.25) is 0 Å². The zero-order valence-electron chi connectivity index (χ0n) is 10.6. The van der Waals surface area contributed by atoms with Gasteiger partial charge in [-0.05, 0) is 34.2 Å². The third-order valence-corrected chi connectivity index (χ3v) is 3.30. The summed E-state index contributed by atoms with van der Waals surface area (Å²) in [6, 6.07) is 15.6. The Kier molecular flexibility index (Phi) is 3.60. The Hall–Kier alpha value is -2.40. The maximum atomic E-state index is 6.15. The molecule has 3 rings (SSSR count). The van der Waals surface area contributed by atoms with E-state index >= 15 is 0 Å². The van der Waals surface area contributed by atoms with Gasteiger partial charge in [-0.1, -0.05) is 41.9 Å². The molecule has 3 aromatic rings. The molecule has 0 spiro atoms. The number of hydrogen-bond donors (Lipinski definition) is 1. The van der Waals surface area contributed by atoms with E-state index in [1.54, 1.807) is 11.0 Å². The van der Waals surface area contributed by atoms with E-state index in [0.717, 1.165) is 22.0 Å². The molecule has 1 N–H and O–H groups in total. The molecule has 0 aliphatic carbocycles. The number of aromatic nitrogens is 4. The molecular weight excluding hydrogens is 274 g/mol. The van der Waals surface area contributed by atoms with Crippen LogP contribution < -0.4 is 5.32 Å². The number of halogens is 1. The third kappa shape index (κ3) is 2.62. The van der Waals surface area contributed by atoms with E-state index in [4.69, 9.17) is 11.6 Å². The van der Waals surface area contributed by atoms with Gasteiger partial charge in [0.1, 0.15) is 6.33 Å². The smallest absolute Gasteiger partial charge is 0.143 e. The van der Waals surface area contributed by atoms with Crippen LogP contribution in [0, 0.1) is 0 Å². The first-order valence-electron chi connectivity index (χ1n) is 6.14. The SMILES string of the molecule is Clc1ccccc1CNc1ccccc1-n1cnnn1. The van der Waals surface area contributed by atoms with E-state index in [0.29, 0.717) is 6.54 Å². The van der Waals surface area contributed by atoms with Gasteiger partial charge < -0.3 is 5.32 Å². The van der Waals surface area contributed by atoms with Gasteiger partial charge >= 0.3 is 0 Å². The van der Waals surface area contributed by atoms with Crippen molar-refractivity contribution in [3.05, 3.63) is 65.4 Å². The van der Waals surface area contributed by atoms with E-state index in [2.05, 4.69) is 20.8 Å². The first kappa shape index (κ1) is 12.6. The van der Waals surface area contributed by atoms with E-state index in [9.17, 15) is 0 Å². The lowest BCUT2D eigenvalue weighted by molar-refractivity contribution is 0.789. The van der Waals surface area contributed by atoms with E-state index in [1.807, 2.05) is 48.5 Å². The van der Waals surface area contributed by atoms with Crippen LogP contribution in [0.4, 0.5) is 5.69 Å². The summed E-state index contributed by atoms with van der Waals surface area (Å²) < 4.78 is 1.62. The van der Waals surface area contributed by atoms with Gasteiger partial charge in [-0.3, -0.25) is 0 Å². The molecule has 1 heterocycles. The summed E-state index contributed by atoms with van der Waals surface area (Å²) in [6.07, 6.45) is 1.57. The normalized spacial score (nSPS) is 10.4. The lowest BCUT2D eigenvalue weighted by atomic mass is 10.2. The van der Waals surface area contributed by atoms with Crippen LogP contribution in [0.25, 0.3) is 5.69 Å².